The lowest BCUT2D eigenvalue weighted by Crippen LogP contribution is -2.30. The molecular formula is C17H15BF2NO3-. The Morgan fingerprint density at radius 1 is 0.833 bits per heavy atom. The normalized spacial score (nSPS) is 15.8. The van der Waals surface area contributed by atoms with Gasteiger partial charge in [-0.05, 0) is 60.2 Å². The minimum atomic E-state index is -4.32. The SMILES string of the molecule is COc1ccc(C2=CC(c3ccc(OC)cc3)=N[B-](F)(F)O2)cc1. The highest BCUT2D eigenvalue weighted by atomic mass is 19.3. The van der Waals surface area contributed by atoms with Gasteiger partial charge in [-0.1, -0.05) is 0 Å². The van der Waals surface area contributed by atoms with Crippen LogP contribution in [0.25, 0.3) is 5.76 Å². The molecule has 1 heterocycles. The fourth-order valence-corrected chi connectivity index (χ4v) is 2.36. The average molecular weight is 330 g/mol. The molecule has 24 heavy (non-hydrogen) atoms. The van der Waals surface area contributed by atoms with Crippen molar-refractivity contribution in [2.75, 3.05) is 14.2 Å². The molecule has 0 unspecified atom stereocenters. The number of rotatable bonds is 4. The monoisotopic (exact) mass is 330 g/mol. The van der Waals surface area contributed by atoms with E-state index in [2.05, 4.69) is 4.90 Å². The first-order chi connectivity index (χ1) is 11.5. The lowest BCUT2D eigenvalue weighted by atomic mass is 9.98. The molecule has 0 bridgehead atoms. The molecule has 0 aromatic heterocycles. The maximum Gasteiger partial charge on any atom is 0.638 e. The molecule has 0 N–H and O–H groups in total. The highest BCUT2D eigenvalue weighted by Gasteiger charge is 2.32. The molecule has 2 aromatic carbocycles. The molecule has 3 rings (SSSR count). The fourth-order valence-electron chi connectivity index (χ4n) is 2.36. The quantitative estimate of drug-likeness (QED) is 0.797. The molecule has 0 saturated heterocycles. The molecule has 0 spiro atoms. The van der Waals surface area contributed by atoms with Crippen LogP contribution >= 0.6 is 0 Å². The molecule has 0 atom stereocenters. The number of ether oxygens (including phenoxy) is 2. The van der Waals surface area contributed by atoms with Crippen LogP contribution in [0.2, 0.25) is 0 Å². The van der Waals surface area contributed by atoms with Crippen LogP contribution < -0.4 is 9.47 Å². The second-order valence-electron chi connectivity index (χ2n) is 5.16. The molecule has 0 radical (unpaired) electrons. The molecule has 124 valence electrons. The Labute approximate surface area is 138 Å². The summed E-state index contributed by atoms with van der Waals surface area (Å²) in [5, 5.41) is 0. The van der Waals surface area contributed by atoms with Crippen LogP contribution in [-0.4, -0.2) is 27.0 Å². The van der Waals surface area contributed by atoms with E-state index in [1.165, 1.54) is 13.2 Å². The van der Waals surface area contributed by atoms with Crippen LogP contribution in [0, 0.1) is 0 Å². The second kappa shape index (κ2) is 6.35. The fraction of sp³-hybridized carbons (Fsp3) is 0.118. The number of nitrogens with zero attached hydrogens (tertiary/aromatic N) is 1. The summed E-state index contributed by atoms with van der Waals surface area (Å²) in [6, 6.07) is 13.4. The van der Waals surface area contributed by atoms with E-state index in [4.69, 9.17) is 14.1 Å². The first-order valence-electron chi connectivity index (χ1n) is 7.30. The van der Waals surface area contributed by atoms with E-state index in [0.717, 1.165) is 0 Å². The van der Waals surface area contributed by atoms with Gasteiger partial charge in [0, 0.05) is 11.3 Å². The van der Waals surface area contributed by atoms with Gasteiger partial charge in [-0.3, -0.25) is 0 Å². The first kappa shape index (κ1) is 16.0. The summed E-state index contributed by atoms with van der Waals surface area (Å²) >= 11 is 0. The third-order valence-corrected chi connectivity index (χ3v) is 3.59. The van der Waals surface area contributed by atoms with Gasteiger partial charge in [-0.15, -0.1) is 0 Å². The van der Waals surface area contributed by atoms with E-state index in [-0.39, 0.29) is 11.5 Å². The molecule has 1 aliphatic rings. The summed E-state index contributed by atoms with van der Waals surface area (Å²) in [5.41, 5.74) is 1.25. The topological polar surface area (TPSA) is 40.0 Å². The van der Waals surface area contributed by atoms with Crippen LogP contribution in [0.1, 0.15) is 11.1 Å². The van der Waals surface area contributed by atoms with E-state index >= 15 is 0 Å². The molecule has 4 nitrogen and oxygen atoms in total. The lowest BCUT2D eigenvalue weighted by Gasteiger charge is -2.30. The van der Waals surface area contributed by atoms with Crippen molar-refractivity contribution in [3.05, 3.63) is 65.7 Å². The molecular weight excluding hydrogens is 315 g/mol. The van der Waals surface area contributed by atoms with E-state index in [9.17, 15) is 8.63 Å². The van der Waals surface area contributed by atoms with Gasteiger partial charge >= 0.3 is 7.04 Å². The van der Waals surface area contributed by atoms with Gasteiger partial charge < -0.3 is 27.7 Å². The summed E-state index contributed by atoms with van der Waals surface area (Å²) in [6.07, 6.45) is 1.50. The van der Waals surface area contributed by atoms with Crippen LogP contribution in [0.4, 0.5) is 8.63 Å². The average Bonchev–Trinajstić information content (AvgIpc) is 2.60. The maximum absolute atomic E-state index is 13.9. The minimum Gasteiger partial charge on any atom is -0.643 e. The van der Waals surface area contributed by atoms with Crippen molar-refractivity contribution in [2.24, 2.45) is 4.90 Å². The van der Waals surface area contributed by atoms with Crippen LogP contribution in [0.15, 0.2) is 59.5 Å². The largest absolute Gasteiger partial charge is 0.643 e. The van der Waals surface area contributed by atoms with Crippen molar-refractivity contribution in [1.82, 2.24) is 0 Å². The predicted octanol–water partition coefficient (Wildman–Crippen LogP) is 3.94. The number of allylic oxidation sites excluding steroid dienone is 1. The number of hydrogen-bond donors (Lipinski definition) is 0. The zero-order chi connectivity index (χ0) is 17.2. The van der Waals surface area contributed by atoms with E-state index in [1.807, 2.05) is 0 Å². The van der Waals surface area contributed by atoms with Gasteiger partial charge in [0.1, 0.15) is 11.5 Å². The zero-order valence-electron chi connectivity index (χ0n) is 13.2. The van der Waals surface area contributed by atoms with Crippen LogP contribution in [-0.2, 0) is 4.65 Å². The smallest absolute Gasteiger partial charge is 0.638 e. The second-order valence-corrected chi connectivity index (χ2v) is 5.16. The third-order valence-electron chi connectivity index (χ3n) is 3.59. The van der Waals surface area contributed by atoms with Gasteiger partial charge in [0.2, 0.25) is 0 Å². The Bertz CT molecular complexity index is 786. The molecule has 1 aliphatic heterocycles. The summed E-state index contributed by atoms with van der Waals surface area (Å²) < 4.78 is 42.8. The number of halogens is 2. The minimum absolute atomic E-state index is 0.0727. The van der Waals surface area contributed by atoms with Crippen molar-refractivity contribution >= 4 is 18.5 Å². The Balaban J connectivity index is 1.97. The summed E-state index contributed by atoms with van der Waals surface area (Å²) in [4.78, 5) is 3.43. The van der Waals surface area contributed by atoms with E-state index in [1.54, 1.807) is 55.6 Å². The summed E-state index contributed by atoms with van der Waals surface area (Å²) in [5.74, 6) is 1.35. The Hall–Kier alpha value is -2.83. The van der Waals surface area contributed by atoms with Gasteiger partial charge in [0.05, 0.1) is 20.0 Å². The highest BCUT2D eigenvalue weighted by molar-refractivity contribution is 6.61. The molecule has 2 aromatic rings. The van der Waals surface area contributed by atoms with E-state index < -0.39 is 7.04 Å². The molecule has 0 saturated carbocycles. The van der Waals surface area contributed by atoms with Gasteiger partial charge in [-0.2, -0.15) is 0 Å². The van der Waals surface area contributed by atoms with Crippen molar-refractivity contribution < 1.29 is 22.8 Å². The van der Waals surface area contributed by atoms with Crippen molar-refractivity contribution in [1.29, 1.82) is 0 Å². The molecule has 0 amide bonds. The van der Waals surface area contributed by atoms with Crippen molar-refractivity contribution in [3.63, 3.8) is 0 Å². The van der Waals surface area contributed by atoms with Crippen molar-refractivity contribution in [3.8, 4) is 11.5 Å². The van der Waals surface area contributed by atoms with Crippen LogP contribution in [0.5, 0.6) is 11.5 Å². The van der Waals surface area contributed by atoms with Gasteiger partial charge in [0.15, 0.2) is 0 Å². The number of benzene rings is 2. The van der Waals surface area contributed by atoms with Gasteiger partial charge in [-0.25, -0.2) is 0 Å². The highest BCUT2D eigenvalue weighted by Crippen LogP contribution is 2.30. The lowest BCUT2D eigenvalue weighted by molar-refractivity contribution is 0.348. The Morgan fingerprint density at radius 3 is 1.83 bits per heavy atom. The molecule has 7 heteroatoms. The third kappa shape index (κ3) is 3.40. The number of methoxy groups -OCH3 is 2. The van der Waals surface area contributed by atoms with Gasteiger partial charge in [0.25, 0.3) is 0 Å². The summed E-state index contributed by atoms with van der Waals surface area (Å²) in [6.45, 7) is 0. The standard InChI is InChI=1S/C17H15BF2NO3/c1-22-14-7-3-12(4-8-14)16-11-17(24-18(19,20)21-16)13-5-9-15(23-2)10-6-13/h3-11H,1-2H3/q-1. The zero-order valence-corrected chi connectivity index (χ0v) is 13.2. The molecule has 0 aliphatic carbocycles. The number of hydrogen-bond acceptors (Lipinski definition) is 4. The Morgan fingerprint density at radius 2 is 1.33 bits per heavy atom. The summed E-state index contributed by atoms with van der Waals surface area (Å²) in [7, 11) is -1.24. The predicted molar refractivity (Wildman–Crippen MR) is 89.6 cm³/mol. The first-order valence-corrected chi connectivity index (χ1v) is 7.30. The van der Waals surface area contributed by atoms with Crippen molar-refractivity contribution in [2.45, 2.75) is 0 Å². The Kier molecular flexibility index (Phi) is 4.25. The molecule has 0 fully saturated rings. The van der Waals surface area contributed by atoms with Crippen LogP contribution in [0.3, 0.4) is 0 Å². The van der Waals surface area contributed by atoms with E-state index in [0.29, 0.717) is 22.6 Å². The maximum atomic E-state index is 13.9.